The fraction of sp³-hybridized carbons (Fsp3) is 0.176. The van der Waals surface area contributed by atoms with Crippen LogP contribution < -0.4 is 15.4 Å². The largest absolute Gasteiger partial charge is 0.494 e. The molecule has 3 aromatic rings. The molecule has 9 heteroatoms. The Morgan fingerprint density at radius 3 is 2.77 bits per heavy atom. The van der Waals surface area contributed by atoms with Crippen molar-refractivity contribution in [2.24, 2.45) is 0 Å². The molecule has 1 aromatic heterocycles. The summed E-state index contributed by atoms with van der Waals surface area (Å²) >= 11 is 5.86. The molecule has 0 saturated carbocycles. The van der Waals surface area contributed by atoms with E-state index in [-0.39, 0.29) is 5.91 Å². The molecule has 26 heavy (non-hydrogen) atoms. The van der Waals surface area contributed by atoms with Gasteiger partial charge in [0.1, 0.15) is 24.3 Å². The minimum absolute atomic E-state index is 0.101. The lowest BCUT2D eigenvalue weighted by Gasteiger charge is -2.10. The van der Waals surface area contributed by atoms with Crippen LogP contribution in [0.15, 0.2) is 48.8 Å². The third kappa shape index (κ3) is 4.56. The monoisotopic (exact) mass is 373 g/mol. The molecule has 2 aromatic carbocycles. The lowest BCUT2D eigenvalue weighted by molar-refractivity contribution is -0.659. The predicted molar refractivity (Wildman–Crippen MR) is 96.3 cm³/mol. The lowest BCUT2D eigenvalue weighted by atomic mass is 10.2. The number of anilines is 1. The molecule has 0 radical (unpaired) electrons. The molecular formula is C17H18ClN6O2+. The van der Waals surface area contributed by atoms with Crippen LogP contribution in [0, 0.1) is 0 Å². The zero-order chi connectivity index (χ0) is 18.4. The van der Waals surface area contributed by atoms with Gasteiger partial charge in [-0.15, -0.1) is 5.10 Å². The normalized spacial score (nSPS) is 10.5. The molecule has 3 N–H and O–H groups in total. The molecule has 0 aliphatic rings. The predicted octanol–water partition coefficient (Wildman–Crippen LogP) is 1.03. The van der Waals surface area contributed by atoms with Gasteiger partial charge in [-0.05, 0) is 34.7 Å². The van der Waals surface area contributed by atoms with Crippen molar-refractivity contribution in [3.05, 3.63) is 59.4 Å². The van der Waals surface area contributed by atoms with Crippen LogP contribution in [-0.4, -0.2) is 39.8 Å². The fourth-order valence-corrected chi connectivity index (χ4v) is 2.54. The van der Waals surface area contributed by atoms with E-state index in [1.165, 1.54) is 11.0 Å². The average molecular weight is 374 g/mol. The summed E-state index contributed by atoms with van der Waals surface area (Å²) in [6.45, 7) is 1.01. The van der Waals surface area contributed by atoms with Crippen molar-refractivity contribution in [3.63, 3.8) is 0 Å². The van der Waals surface area contributed by atoms with Crippen LogP contribution in [0.1, 0.15) is 5.56 Å². The lowest BCUT2D eigenvalue weighted by Crippen LogP contribution is -2.84. The Kier molecular flexibility index (Phi) is 5.77. The number of carbonyl (C=O) groups is 1. The highest BCUT2D eigenvalue weighted by atomic mass is 35.5. The van der Waals surface area contributed by atoms with E-state index < -0.39 is 0 Å². The number of quaternary nitrogens is 1. The van der Waals surface area contributed by atoms with E-state index >= 15 is 0 Å². The molecule has 0 unspecified atom stereocenters. The van der Waals surface area contributed by atoms with Crippen LogP contribution in [0.3, 0.4) is 0 Å². The first-order valence-electron chi connectivity index (χ1n) is 7.93. The number of rotatable bonds is 7. The number of halogens is 1. The third-order valence-corrected chi connectivity index (χ3v) is 3.93. The molecule has 1 amide bonds. The Balaban J connectivity index is 1.56. The number of nitrogens with two attached hydrogens (primary N) is 1. The fourth-order valence-electron chi connectivity index (χ4n) is 2.42. The summed E-state index contributed by atoms with van der Waals surface area (Å²) in [6, 6.07) is 12.8. The maximum absolute atomic E-state index is 12.1. The van der Waals surface area contributed by atoms with Crippen molar-refractivity contribution >= 4 is 23.2 Å². The Bertz CT molecular complexity index is 867. The van der Waals surface area contributed by atoms with Gasteiger partial charge < -0.3 is 15.4 Å². The van der Waals surface area contributed by atoms with Crippen LogP contribution in [0.25, 0.3) is 5.69 Å². The molecule has 0 atom stereocenters. The molecule has 0 spiro atoms. The molecule has 0 aliphatic heterocycles. The maximum Gasteiger partial charge on any atom is 0.279 e. The average Bonchev–Trinajstić information content (AvgIpc) is 3.17. The number of aromatic nitrogens is 4. The van der Waals surface area contributed by atoms with Gasteiger partial charge in [0.25, 0.3) is 5.91 Å². The molecule has 0 aliphatic carbocycles. The van der Waals surface area contributed by atoms with Gasteiger partial charge in [-0.1, -0.05) is 23.7 Å². The third-order valence-electron chi connectivity index (χ3n) is 3.68. The summed E-state index contributed by atoms with van der Waals surface area (Å²) in [7, 11) is 1.55. The summed E-state index contributed by atoms with van der Waals surface area (Å²) < 4.78 is 6.84. The van der Waals surface area contributed by atoms with Crippen molar-refractivity contribution < 1.29 is 14.8 Å². The molecule has 3 rings (SSSR count). The van der Waals surface area contributed by atoms with Gasteiger partial charge in [-0.2, -0.15) is 4.68 Å². The standard InChI is InChI=1S/C17H17ClN6O2/c1-26-16-8-14(6-7-15(16)24-11-20-22-23-24)21-17(25)10-19-9-12-2-4-13(18)5-3-12/h2-8,11,19H,9-10H2,1H3,(H,21,25)/p+1. The summed E-state index contributed by atoms with van der Waals surface area (Å²) in [6.07, 6.45) is 1.47. The van der Waals surface area contributed by atoms with Crippen LogP contribution in [0.4, 0.5) is 5.69 Å². The van der Waals surface area contributed by atoms with Gasteiger partial charge in [0.2, 0.25) is 0 Å². The second-order valence-electron chi connectivity index (χ2n) is 5.51. The van der Waals surface area contributed by atoms with Crippen LogP contribution in [0.5, 0.6) is 5.75 Å². The maximum atomic E-state index is 12.1. The number of hydrogen-bond donors (Lipinski definition) is 2. The van der Waals surface area contributed by atoms with Gasteiger partial charge >= 0.3 is 0 Å². The van der Waals surface area contributed by atoms with E-state index in [0.29, 0.717) is 35.2 Å². The van der Waals surface area contributed by atoms with Crippen molar-refractivity contribution in [2.45, 2.75) is 6.54 Å². The minimum Gasteiger partial charge on any atom is -0.494 e. The molecular weight excluding hydrogens is 356 g/mol. The van der Waals surface area contributed by atoms with E-state index in [1.807, 2.05) is 29.6 Å². The van der Waals surface area contributed by atoms with Crippen molar-refractivity contribution in [2.75, 3.05) is 19.0 Å². The smallest absolute Gasteiger partial charge is 0.279 e. The number of methoxy groups -OCH3 is 1. The Labute approximate surface area is 155 Å². The second-order valence-corrected chi connectivity index (χ2v) is 5.95. The first-order chi connectivity index (χ1) is 12.7. The van der Waals surface area contributed by atoms with Crippen molar-refractivity contribution in [3.8, 4) is 11.4 Å². The Morgan fingerprint density at radius 1 is 1.27 bits per heavy atom. The first-order valence-corrected chi connectivity index (χ1v) is 8.31. The summed E-state index contributed by atoms with van der Waals surface area (Å²) in [5, 5.41) is 16.5. The Morgan fingerprint density at radius 2 is 2.08 bits per heavy atom. The van der Waals surface area contributed by atoms with E-state index in [9.17, 15) is 4.79 Å². The second kappa shape index (κ2) is 8.41. The SMILES string of the molecule is COc1cc(NC(=O)C[NH2+]Cc2ccc(Cl)cc2)ccc1-n1cnnn1. The number of nitrogens with zero attached hydrogens (tertiary/aromatic N) is 4. The molecule has 0 saturated heterocycles. The highest BCUT2D eigenvalue weighted by Gasteiger charge is 2.10. The number of benzene rings is 2. The first kappa shape index (κ1) is 17.8. The van der Waals surface area contributed by atoms with E-state index in [1.54, 1.807) is 25.3 Å². The zero-order valence-electron chi connectivity index (χ0n) is 14.1. The van der Waals surface area contributed by atoms with Gasteiger partial charge in [0.15, 0.2) is 6.54 Å². The molecule has 8 nitrogen and oxygen atoms in total. The molecule has 134 valence electrons. The van der Waals surface area contributed by atoms with Gasteiger partial charge in [-0.3, -0.25) is 4.79 Å². The zero-order valence-corrected chi connectivity index (χ0v) is 14.8. The van der Waals surface area contributed by atoms with E-state index in [4.69, 9.17) is 16.3 Å². The molecule has 1 heterocycles. The van der Waals surface area contributed by atoms with Crippen molar-refractivity contribution in [1.82, 2.24) is 20.2 Å². The van der Waals surface area contributed by atoms with Gasteiger partial charge in [0, 0.05) is 22.3 Å². The number of tetrazole rings is 1. The van der Waals surface area contributed by atoms with Crippen LogP contribution in [-0.2, 0) is 11.3 Å². The van der Waals surface area contributed by atoms with Gasteiger partial charge in [-0.25, -0.2) is 0 Å². The summed E-state index contributed by atoms with van der Waals surface area (Å²) in [5.41, 5.74) is 2.43. The number of carbonyl (C=O) groups excluding carboxylic acids is 1. The van der Waals surface area contributed by atoms with Crippen molar-refractivity contribution in [1.29, 1.82) is 0 Å². The van der Waals surface area contributed by atoms with Crippen LogP contribution in [0.2, 0.25) is 5.02 Å². The number of nitrogens with one attached hydrogen (secondary N) is 1. The van der Waals surface area contributed by atoms with Gasteiger partial charge in [0.05, 0.1) is 7.11 Å². The van der Waals surface area contributed by atoms with E-state index in [2.05, 4.69) is 20.8 Å². The number of amides is 1. The Hall–Kier alpha value is -2.97. The highest BCUT2D eigenvalue weighted by molar-refractivity contribution is 6.30. The number of hydrogen-bond acceptors (Lipinski definition) is 5. The van der Waals surface area contributed by atoms with E-state index in [0.717, 1.165) is 5.56 Å². The molecule has 0 fully saturated rings. The highest BCUT2D eigenvalue weighted by Crippen LogP contribution is 2.25. The summed E-state index contributed by atoms with van der Waals surface area (Å²) in [4.78, 5) is 12.1. The summed E-state index contributed by atoms with van der Waals surface area (Å²) in [5.74, 6) is 0.455. The molecule has 0 bridgehead atoms. The quantitative estimate of drug-likeness (QED) is 0.644. The number of ether oxygens (including phenoxy) is 1. The topological polar surface area (TPSA) is 98.5 Å². The van der Waals surface area contributed by atoms with Crippen LogP contribution >= 0.6 is 11.6 Å². The minimum atomic E-state index is -0.101.